The summed E-state index contributed by atoms with van der Waals surface area (Å²) >= 11 is 11.8. The van der Waals surface area contributed by atoms with Crippen molar-refractivity contribution < 1.29 is 19.1 Å². The van der Waals surface area contributed by atoms with Gasteiger partial charge in [0.15, 0.2) is 6.61 Å². The first-order valence-corrected chi connectivity index (χ1v) is 7.52. The maximum atomic E-state index is 11.9. The van der Waals surface area contributed by atoms with E-state index in [2.05, 4.69) is 5.32 Å². The van der Waals surface area contributed by atoms with Crippen molar-refractivity contribution in [1.29, 1.82) is 0 Å². The fourth-order valence-electron chi connectivity index (χ4n) is 1.86. The highest BCUT2D eigenvalue weighted by molar-refractivity contribution is 6.44. The molecule has 0 atom stereocenters. The second-order valence-corrected chi connectivity index (χ2v) is 5.47. The van der Waals surface area contributed by atoms with Gasteiger partial charge in [-0.05, 0) is 30.3 Å². The highest BCUT2D eigenvalue weighted by Gasteiger charge is 2.13. The van der Waals surface area contributed by atoms with Crippen LogP contribution in [0, 0.1) is 0 Å². The number of hydrogen-bond acceptors (Lipinski definition) is 5. The number of nitrogen functional groups attached to an aromatic ring is 1. The predicted molar refractivity (Wildman–Crippen MR) is 92.8 cm³/mol. The minimum Gasteiger partial charge on any atom is -0.495 e. The van der Waals surface area contributed by atoms with Crippen LogP contribution < -0.4 is 15.8 Å². The van der Waals surface area contributed by atoms with Gasteiger partial charge in [-0.15, -0.1) is 0 Å². The number of anilines is 2. The van der Waals surface area contributed by atoms with Crippen molar-refractivity contribution in [3.05, 3.63) is 52.0 Å². The number of nitrogens with one attached hydrogen (secondary N) is 1. The van der Waals surface area contributed by atoms with Gasteiger partial charge < -0.3 is 20.5 Å². The largest absolute Gasteiger partial charge is 0.495 e. The average Bonchev–Trinajstić information content (AvgIpc) is 2.56. The summed E-state index contributed by atoms with van der Waals surface area (Å²) in [6.45, 7) is -0.479. The van der Waals surface area contributed by atoms with Crippen LogP contribution in [0.2, 0.25) is 10.0 Å². The Labute approximate surface area is 148 Å². The normalized spacial score (nSPS) is 10.1. The molecular formula is C16H14Cl2N2O4. The maximum absolute atomic E-state index is 11.9. The molecule has 2 rings (SSSR count). The van der Waals surface area contributed by atoms with Crippen LogP contribution >= 0.6 is 23.2 Å². The van der Waals surface area contributed by atoms with Crippen molar-refractivity contribution in [2.75, 3.05) is 24.8 Å². The van der Waals surface area contributed by atoms with Gasteiger partial charge in [0.2, 0.25) is 0 Å². The van der Waals surface area contributed by atoms with E-state index in [4.69, 9.17) is 38.4 Å². The van der Waals surface area contributed by atoms with Crippen LogP contribution in [-0.4, -0.2) is 25.6 Å². The Balaban J connectivity index is 1.95. The molecule has 0 aliphatic heterocycles. The molecule has 0 spiro atoms. The second kappa shape index (κ2) is 7.90. The van der Waals surface area contributed by atoms with Crippen LogP contribution in [0.3, 0.4) is 0 Å². The van der Waals surface area contributed by atoms with Gasteiger partial charge in [0.25, 0.3) is 5.91 Å². The number of ether oxygens (including phenoxy) is 2. The molecule has 0 unspecified atom stereocenters. The fraction of sp³-hybridized carbons (Fsp3) is 0.125. The number of nitrogens with two attached hydrogens (primary N) is 1. The Morgan fingerprint density at radius 1 is 1.21 bits per heavy atom. The smallest absolute Gasteiger partial charge is 0.338 e. The van der Waals surface area contributed by atoms with Crippen LogP contribution in [0.1, 0.15) is 10.4 Å². The van der Waals surface area contributed by atoms with Crippen molar-refractivity contribution in [1.82, 2.24) is 0 Å². The summed E-state index contributed by atoms with van der Waals surface area (Å²) in [6.07, 6.45) is 0. The molecule has 8 heteroatoms. The number of esters is 1. The van der Waals surface area contributed by atoms with Crippen LogP contribution in [0.4, 0.5) is 11.4 Å². The lowest BCUT2D eigenvalue weighted by atomic mass is 10.2. The molecule has 0 saturated heterocycles. The van der Waals surface area contributed by atoms with Crippen LogP contribution in [-0.2, 0) is 9.53 Å². The summed E-state index contributed by atoms with van der Waals surface area (Å²) in [6, 6.07) is 9.25. The topological polar surface area (TPSA) is 90.6 Å². The number of benzene rings is 2. The third kappa shape index (κ3) is 4.31. The van der Waals surface area contributed by atoms with Crippen molar-refractivity contribution >= 4 is 46.5 Å². The molecule has 0 heterocycles. The minimum absolute atomic E-state index is 0.210. The highest BCUT2D eigenvalue weighted by Crippen LogP contribution is 2.29. The molecule has 2 aromatic carbocycles. The summed E-state index contributed by atoms with van der Waals surface area (Å²) < 4.78 is 9.94. The van der Waals surface area contributed by atoms with Gasteiger partial charge in [-0.3, -0.25) is 4.79 Å². The van der Waals surface area contributed by atoms with Gasteiger partial charge in [0.1, 0.15) is 5.75 Å². The Hall–Kier alpha value is -2.44. The van der Waals surface area contributed by atoms with Crippen LogP contribution in [0.15, 0.2) is 36.4 Å². The lowest BCUT2D eigenvalue weighted by Gasteiger charge is -2.09. The molecule has 6 nitrogen and oxygen atoms in total. The van der Waals surface area contributed by atoms with Crippen molar-refractivity contribution in [3.63, 3.8) is 0 Å². The van der Waals surface area contributed by atoms with Gasteiger partial charge in [-0.2, -0.15) is 0 Å². The van der Waals surface area contributed by atoms with Gasteiger partial charge >= 0.3 is 5.97 Å². The number of carbonyl (C=O) groups excluding carboxylic acids is 2. The minimum atomic E-state index is -0.684. The summed E-state index contributed by atoms with van der Waals surface area (Å²) in [5.74, 6) is -0.786. The third-order valence-corrected chi connectivity index (χ3v) is 3.84. The van der Waals surface area contributed by atoms with Gasteiger partial charge in [-0.1, -0.05) is 29.3 Å². The third-order valence-electron chi connectivity index (χ3n) is 3.03. The van der Waals surface area contributed by atoms with E-state index in [0.29, 0.717) is 22.1 Å². The van der Waals surface area contributed by atoms with E-state index in [9.17, 15) is 9.59 Å². The zero-order chi connectivity index (χ0) is 17.7. The molecule has 0 aromatic heterocycles. The maximum Gasteiger partial charge on any atom is 0.338 e. The first-order valence-electron chi connectivity index (χ1n) is 6.77. The van der Waals surface area contributed by atoms with E-state index in [-0.39, 0.29) is 10.6 Å². The van der Waals surface area contributed by atoms with Gasteiger partial charge in [-0.25, -0.2) is 4.79 Å². The van der Waals surface area contributed by atoms with E-state index >= 15 is 0 Å². The van der Waals surface area contributed by atoms with Crippen molar-refractivity contribution in [3.8, 4) is 5.75 Å². The summed E-state index contributed by atoms with van der Waals surface area (Å²) in [5, 5.41) is 3.03. The Morgan fingerprint density at radius 3 is 2.62 bits per heavy atom. The van der Waals surface area contributed by atoms with Crippen molar-refractivity contribution in [2.24, 2.45) is 0 Å². The summed E-state index contributed by atoms with van der Waals surface area (Å²) in [4.78, 5) is 23.8. The quantitative estimate of drug-likeness (QED) is 0.623. The first-order chi connectivity index (χ1) is 11.4. The Kier molecular flexibility index (Phi) is 5.89. The molecule has 2 aromatic rings. The molecular weight excluding hydrogens is 355 g/mol. The predicted octanol–water partition coefficient (Wildman–Crippen LogP) is 3.38. The number of rotatable bonds is 5. The van der Waals surface area contributed by atoms with Gasteiger partial charge in [0, 0.05) is 0 Å². The summed E-state index contributed by atoms with van der Waals surface area (Å²) in [5.41, 5.74) is 6.56. The number of carbonyl (C=O) groups is 2. The number of hydrogen-bond donors (Lipinski definition) is 2. The van der Waals surface area contributed by atoms with E-state index in [0.717, 1.165) is 0 Å². The molecule has 0 radical (unpaired) electrons. The average molecular weight is 369 g/mol. The second-order valence-electron chi connectivity index (χ2n) is 4.68. The lowest BCUT2D eigenvalue weighted by Crippen LogP contribution is -2.21. The SMILES string of the molecule is COc1ccc(C(=O)OCC(=O)Nc2cccc(Cl)c2Cl)cc1N. The molecule has 0 aliphatic rings. The summed E-state index contributed by atoms with van der Waals surface area (Å²) in [7, 11) is 1.47. The van der Waals surface area contributed by atoms with E-state index in [1.165, 1.54) is 25.3 Å². The number of halogens is 2. The van der Waals surface area contributed by atoms with Gasteiger partial charge in [0.05, 0.1) is 34.1 Å². The van der Waals surface area contributed by atoms with E-state index in [1.54, 1.807) is 18.2 Å². The molecule has 0 saturated carbocycles. The van der Waals surface area contributed by atoms with E-state index < -0.39 is 18.5 Å². The molecule has 0 fully saturated rings. The molecule has 3 N–H and O–H groups in total. The van der Waals surface area contributed by atoms with E-state index in [1.807, 2.05) is 0 Å². The number of methoxy groups -OCH3 is 1. The zero-order valence-electron chi connectivity index (χ0n) is 12.6. The van der Waals surface area contributed by atoms with Crippen LogP contribution in [0.25, 0.3) is 0 Å². The molecule has 126 valence electrons. The fourth-order valence-corrected chi connectivity index (χ4v) is 2.21. The molecule has 24 heavy (non-hydrogen) atoms. The Morgan fingerprint density at radius 2 is 1.96 bits per heavy atom. The molecule has 0 bridgehead atoms. The molecule has 1 amide bonds. The standard InChI is InChI=1S/C16H14Cl2N2O4/c1-23-13-6-5-9(7-11(13)19)16(22)24-8-14(21)20-12-4-2-3-10(17)15(12)18/h2-7H,8,19H2,1H3,(H,20,21). The Bertz CT molecular complexity index is 781. The lowest BCUT2D eigenvalue weighted by molar-refractivity contribution is -0.119. The first kappa shape index (κ1) is 17.9. The van der Waals surface area contributed by atoms with Crippen molar-refractivity contribution in [2.45, 2.75) is 0 Å². The monoisotopic (exact) mass is 368 g/mol. The highest BCUT2D eigenvalue weighted by atomic mass is 35.5. The molecule has 0 aliphatic carbocycles. The zero-order valence-corrected chi connectivity index (χ0v) is 14.1. The van der Waals surface area contributed by atoms with Crippen LogP contribution in [0.5, 0.6) is 5.75 Å². The number of amides is 1.